The zero-order valence-corrected chi connectivity index (χ0v) is 13.0. The van der Waals surface area contributed by atoms with Crippen LogP contribution in [0.4, 0.5) is 0 Å². The third-order valence-corrected chi connectivity index (χ3v) is 3.64. The molecule has 3 nitrogen and oxygen atoms in total. The number of aromatic nitrogens is 2. The lowest BCUT2D eigenvalue weighted by molar-refractivity contribution is 0.534. The summed E-state index contributed by atoms with van der Waals surface area (Å²) in [4.78, 5) is 8.75. The summed E-state index contributed by atoms with van der Waals surface area (Å²) in [5.41, 5.74) is 2.82. The summed E-state index contributed by atoms with van der Waals surface area (Å²) in [6.45, 7) is 4.83. The average Bonchev–Trinajstić information content (AvgIpc) is 2.43. The topological polar surface area (TPSA) is 37.8 Å². The third-order valence-electron chi connectivity index (χ3n) is 3.04. The summed E-state index contributed by atoms with van der Waals surface area (Å²) in [5.74, 6) is 0. The lowest BCUT2D eigenvalue weighted by Gasteiger charge is -2.18. The summed E-state index contributed by atoms with van der Waals surface area (Å²) in [6, 6.07) is 5.59. The maximum Gasteiger partial charge on any atom is 0.0759 e. The highest BCUT2D eigenvalue weighted by Crippen LogP contribution is 2.25. The van der Waals surface area contributed by atoms with Crippen molar-refractivity contribution in [1.82, 2.24) is 15.3 Å². The Hall–Kier alpha value is -1.16. The smallest absolute Gasteiger partial charge is 0.0759 e. The lowest BCUT2D eigenvalue weighted by atomic mass is 10.0. The first-order chi connectivity index (χ1) is 9.60. The van der Waals surface area contributed by atoms with Crippen molar-refractivity contribution in [3.05, 3.63) is 57.6 Å². The Morgan fingerprint density at radius 3 is 2.65 bits per heavy atom. The van der Waals surface area contributed by atoms with Crippen LogP contribution in [0.5, 0.6) is 0 Å². The molecule has 0 radical (unpaired) electrons. The van der Waals surface area contributed by atoms with Crippen molar-refractivity contribution in [2.24, 2.45) is 0 Å². The average molecular weight is 310 g/mol. The van der Waals surface area contributed by atoms with Gasteiger partial charge in [-0.15, -0.1) is 0 Å². The molecule has 0 bridgehead atoms. The second-order valence-electron chi connectivity index (χ2n) is 4.63. The van der Waals surface area contributed by atoms with E-state index in [1.54, 1.807) is 18.5 Å². The van der Waals surface area contributed by atoms with Crippen LogP contribution in [0, 0.1) is 6.92 Å². The van der Waals surface area contributed by atoms with Crippen LogP contribution >= 0.6 is 23.2 Å². The summed E-state index contributed by atoms with van der Waals surface area (Å²) >= 11 is 12.3. The normalized spacial score (nSPS) is 12.4. The fraction of sp³-hybridized carbons (Fsp3) is 0.333. The molecule has 0 aliphatic carbocycles. The molecule has 0 amide bonds. The van der Waals surface area contributed by atoms with Crippen LogP contribution in [-0.2, 0) is 6.42 Å². The number of benzene rings is 1. The summed E-state index contributed by atoms with van der Waals surface area (Å²) in [5, 5.41) is 4.82. The van der Waals surface area contributed by atoms with E-state index in [2.05, 4.69) is 22.2 Å². The van der Waals surface area contributed by atoms with E-state index < -0.39 is 0 Å². The number of halogens is 2. The van der Waals surface area contributed by atoms with Crippen molar-refractivity contribution in [1.29, 1.82) is 0 Å². The van der Waals surface area contributed by atoms with Gasteiger partial charge in [-0.1, -0.05) is 30.1 Å². The Morgan fingerprint density at radius 2 is 2.00 bits per heavy atom. The van der Waals surface area contributed by atoms with Crippen molar-refractivity contribution in [2.75, 3.05) is 6.54 Å². The molecule has 1 aromatic heterocycles. The highest BCUT2D eigenvalue weighted by Gasteiger charge is 2.15. The van der Waals surface area contributed by atoms with Gasteiger partial charge in [-0.05, 0) is 43.7 Å². The first-order valence-electron chi connectivity index (χ1n) is 6.56. The molecule has 20 heavy (non-hydrogen) atoms. The molecule has 0 saturated heterocycles. The van der Waals surface area contributed by atoms with Crippen LogP contribution in [0.3, 0.4) is 0 Å². The van der Waals surface area contributed by atoms with Gasteiger partial charge in [0.1, 0.15) is 0 Å². The number of hydrogen-bond acceptors (Lipinski definition) is 3. The SMILES string of the molecule is CCNC(Cc1cc(Cl)ccc1Cl)c1cnc(C)cn1. The number of likely N-dealkylation sites (N-methyl/N-ethyl adjacent to an activating group) is 1. The Balaban J connectivity index is 2.25. The third kappa shape index (κ3) is 3.92. The highest BCUT2D eigenvalue weighted by atomic mass is 35.5. The van der Waals surface area contributed by atoms with E-state index in [0.717, 1.165) is 34.9 Å². The second kappa shape index (κ2) is 7.02. The van der Waals surface area contributed by atoms with Gasteiger partial charge in [0, 0.05) is 16.2 Å². The van der Waals surface area contributed by atoms with Crippen LogP contribution in [0.25, 0.3) is 0 Å². The molecular formula is C15H17Cl2N3. The van der Waals surface area contributed by atoms with Crippen LogP contribution in [0.15, 0.2) is 30.6 Å². The Bertz CT molecular complexity index is 570. The van der Waals surface area contributed by atoms with E-state index in [9.17, 15) is 0 Å². The zero-order valence-electron chi connectivity index (χ0n) is 11.5. The summed E-state index contributed by atoms with van der Waals surface area (Å²) < 4.78 is 0. The molecule has 1 heterocycles. The molecule has 0 spiro atoms. The molecule has 2 rings (SSSR count). The molecule has 106 valence electrons. The fourth-order valence-electron chi connectivity index (χ4n) is 2.03. The highest BCUT2D eigenvalue weighted by molar-refractivity contribution is 6.33. The van der Waals surface area contributed by atoms with Crippen LogP contribution in [-0.4, -0.2) is 16.5 Å². The Morgan fingerprint density at radius 1 is 1.20 bits per heavy atom. The second-order valence-corrected chi connectivity index (χ2v) is 5.48. The minimum Gasteiger partial charge on any atom is -0.309 e. The minimum absolute atomic E-state index is 0.0732. The lowest BCUT2D eigenvalue weighted by Crippen LogP contribution is -2.24. The van der Waals surface area contributed by atoms with Gasteiger partial charge in [-0.3, -0.25) is 9.97 Å². The van der Waals surface area contributed by atoms with Crippen LogP contribution in [0.2, 0.25) is 10.0 Å². The van der Waals surface area contributed by atoms with E-state index in [1.807, 2.05) is 19.1 Å². The monoisotopic (exact) mass is 309 g/mol. The first-order valence-corrected chi connectivity index (χ1v) is 7.31. The van der Waals surface area contributed by atoms with E-state index in [1.165, 1.54) is 0 Å². The Labute approximate surface area is 129 Å². The number of nitrogens with zero attached hydrogens (tertiary/aromatic N) is 2. The van der Waals surface area contributed by atoms with E-state index in [4.69, 9.17) is 23.2 Å². The molecule has 5 heteroatoms. The van der Waals surface area contributed by atoms with Crippen LogP contribution < -0.4 is 5.32 Å². The van der Waals surface area contributed by atoms with Crippen molar-refractivity contribution < 1.29 is 0 Å². The van der Waals surface area contributed by atoms with E-state index in [-0.39, 0.29) is 6.04 Å². The molecule has 2 aromatic rings. The van der Waals surface area contributed by atoms with E-state index in [0.29, 0.717) is 5.02 Å². The maximum atomic E-state index is 6.23. The molecule has 1 atom stereocenters. The van der Waals surface area contributed by atoms with Gasteiger partial charge in [-0.25, -0.2) is 0 Å². The van der Waals surface area contributed by atoms with Crippen molar-refractivity contribution in [3.63, 3.8) is 0 Å². The largest absolute Gasteiger partial charge is 0.309 e. The predicted octanol–water partition coefficient (Wildman–Crippen LogP) is 3.99. The van der Waals surface area contributed by atoms with Gasteiger partial charge in [0.2, 0.25) is 0 Å². The molecule has 0 aliphatic heterocycles. The maximum absolute atomic E-state index is 6.23. The fourth-order valence-corrected chi connectivity index (χ4v) is 2.42. The van der Waals surface area contributed by atoms with Gasteiger partial charge < -0.3 is 5.32 Å². The summed E-state index contributed by atoms with van der Waals surface area (Å²) in [6.07, 6.45) is 4.31. The molecule has 1 aromatic carbocycles. The molecule has 0 aliphatic rings. The molecule has 0 saturated carbocycles. The molecule has 1 unspecified atom stereocenters. The van der Waals surface area contributed by atoms with Gasteiger partial charge in [0.25, 0.3) is 0 Å². The first kappa shape index (κ1) is 15.2. The number of nitrogens with one attached hydrogen (secondary N) is 1. The molecule has 1 N–H and O–H groups in total. The van der Waals surface area contributed by atoms with Gasteiger partial charge in [0.05, 0.1) is 23.6 Å². The minimum atomic E-state index is 0.0732. The van der Waals surface area contributed by atoms with Crippen molar-refractivity contribution >= 4 is 23.2 Å². The zero-order chi connectivity index (χ0) is 14.5. The van der Waals surface area contributed by atoms with Crippen molar-refractivity contribution in [3.8, 4) is 0 Å². The van der Waals surface area contributed by atoms with Gasteiger partial charge in [0.15, 0.2) is 0 Å². The van der Waals surface area contributed by atoms with E-state index >= 15 is 0 Å². The Kier molecular flexibility index (Phi) is 5.35. The van der Waals surface area contributed by atoms with Gasteiger partial charge in [-0.2, -0.15) is 0 Å². The quantitative estimate of drug-likeness (QED) is 0.907. The molecule has 0 fully saturated rings. The van der Waals surface area contributed by atoms with Crippen LogP contribution in [0.1, 0.15) is 29.9 Å². The standard InChI is InChI=1S/C15H17Cl2N3/c1-3-18-14(15-9-19-10(2)8-20-15)7-11-6-12(16)4-5-13(11)17/h4-6,8-9,14,18H,3,7H2,1-2H3. The van der Waals surface area contributed by atoms with Crippen molar-refractivity contribution in [2.45, 2.75) is 26.3 Å². The molecular weight excluding hydrogens is 293 g/mol. The van der Waals surface area contributed by atoms with Gasteiger partial charge >= 0.3 is 0 Å². The summed E-state index contributed by atoms with van der Waals surface area (Å²) in [7, 11) is 0. The number of rotatable bonds is 5. The number of hydrogen-bond donors (Lipinski definition) is 1. The predicted molar refractivity (Wildman–Crippen MR) is 83.4 cm³/mol. The number of aryl methyl sites for hydroxylation is 1.